The predicted molar refractivity (Wildman–Crippen MR) is 88.0 cm³/mol. The third-order valence-electron chi connectivity index (χ3n) is 5.81. The molecular formula is C18H23N3O2. The molecule has 4 fully saturated rings. The smallest absolute Gasteiger partial charge is 0.316 e. The van der Waals surface area contributed by atoms with Gasteiger partial charge in [-0.25, -0.2) is 4.79 Å². The molecule has 3 amide bonds. The Labute approximate surface area is 136 Å². The Morgan fingerprint density at radius 3 is 2.22 bits per heavy atom. The molecule has 5 heteroatoms. The van der Waals surface area contributed by atoms with Crippen molar-refractivity contribution < 1.29 is 9.59 Å². The Balaban J connectivity index is 1.51. The lowest BCUT2D eigenvalue weighted by atomic mass is 9.53. The van der Waals surface area contributed by atoms with Crippen LogP contribution in [0.1, 0.15) is 48.9 Å². The molecule has 0 saturated heterocycles. The molecule has 0 unspecified atom stereocenters. The number of nitrogens with two attached hydrogens (primary N) is 1. The van der Waals surface area contributed by atoms with Crippen LogP contribution in [0.4, 0.5) is 10.5 Å². The number of rotatable bonds is 3. The van der Waals surface area contributed by atoms with Crippen LogP contribution in [0.3, 0.4) is 0 Å². The maximum atomic E-state index is 12.7. The highest BCUT2D eigenvalue weighted by Gasteiger charge is 2.51. The molecule has 5 nitrogen and oxygen atoms in total. The van der Waals surface area contributed by atoms with E-state index >= 15 is 0 Å². The van der Waals surface area contributed by atoms with Gasteiger partial charge >= 0.3 is 6.03 Å². The van der Waals surface area contributed by atoms with E-state index in [0.717, 1.165) is 37.0 Å². The monoisotopic (exact) mass is 313 g/mol. The first kappa shape index (κ1) is 14.5. The second kappa shape index (κ2) is 5.25. The van der Waals surface area contributed by atoms with Gasteiger partial charge in [0.2, 0.25) is 0 Å². The molecule has 0 heterocycles. The van der Waals surface area contributed by atoms with E-state index in [0.29, 0.717) is 11.3 Å². The number of primary amides is 1. The van der Waals surface area contributed by atoms with Gasteiger partial charge < -0.3 is 16.4 Å². The summed E-state index contributed by atoms with van der Waals surface area (Å²) < 4.78 is 0. The number of carbonyl (C=O) groups excluding carboxylic acids is 2. The van der Waals surface area contributed by atoms with Crippen LogP contribution in [0.5, 0.6) is 0 Å². The zero-order valence-corrected chi connectivity index (χ0v) is 13.2. The minimum atomic E-state index is -0.622. The zero-order chi connectivity index (χ0) is 16.0. The van der Waals surface area contributed by atoms with Crippen molar-refractivity contribution in [2.24, 2.45) is 23.5 Å². The van der Waals surface area contributed by atoms with Gasteiger partial charge in [0.15, 0.2) is 0 Å². The SMILES string of the molecule is NC(=O)Nc1cccc(C(=O)NC23CC4CC(CC(C4)C2)C3)c1. The Bertz CT molecular complexity index is 620. The molecule has 0 spiro atoms. The van der Waals surface area contributed by atoms with E-state index in [1.165, 1.54) is 19.3 Å². The van der Waals surface area contributed by atoms with E-state index in [9.17, 15) is 9.59 Å². The lowest BCUT2D eigenvalue weighted by Crippen LogP contribution is -2.59. The fourth-order valence-corrected chi connectivity index (χ4v) is 5.46. The second-order valence-corrected chi connectivity index (χ2v) is 7.72. The molecule has 0 atom stereocenters. The van der Waals surface area contributed by atoms with Crippen molar-refractivity contribution in [2.75, 3.05) is 5.32 Å². The largest absolute Gasteiger partial charge is 0.351 e. The number of benzene rings is 1. The molecule has 0 aliphatic heterocycles. The summed E-state index contributed by atoms with van der Waals surface area (Å²) in [7, 11) is 0. The van der Waals surface area contributed by atoms with Crippen molar-refractivity contribution in [1.82, 2.24) is 5.32 Å². The average Bonchev–Trinajstić information content (AvgIpc) is 2.44. The highest BCUT2D eigenvalue weighted by molar-refractivity contribution is 5.97. The van der Waals surface area contributed by atoms with Gasteiger partial charge in [-0.15, -0.1) is 0 Å². The van der Waals surface area contributed by atoms with Crippen LogP contribution in [0.25, 0.3) is 0 Å². The molecular weight excluding hydrogens is 290 g/mol. The number of hydrogen-bond acceptors (Lipinski definition) is 2. The number of nitrogens with one attached hydrogen (secondary N) is 2. The van der Waals surface area contributed by atoms with Gasteiger partial charge in [0.05, 0.1) is 0 Å². The fourth-order valence-electron chi connectivity index (χ4n) is 5.46. The number of anilines is 1. The molecule has 1 aromatic carbocycles. The molecule has 0 aromatic heterocycles. The molecule has 0 radical (unpaired) electrons. The van der Waals surface area contributed by atoms with E-state index in [1.807, 2.05) is 0 Å². The zero-order valence-electron chi connectivity index (χ0n) is 13.2. The van der Waals surface area contributed by atoms with Crippen LogP contribution >= 0.6 is 0 Å². The normalized spacial score (nSPS) is 34.2. The first-order valence-corrected chi connectivity index (χ1v) is 8.50. The summed E-state index contributed by atoms with van der Waals surface area (Å²) in [4.78, 5) is 23.7. The summed E-state index contributed by atoms with van der Waals surface area (Å²) in [5, 5.41) is 5.86. The Hall–Kier alpha value is -2.04. The molecule has 122 valence electrons. The molecule has 23 heavy (non-hydrogen) atoms. The van der Waals surface area contributed by atoms with Crippen molar-refractivity contribution in [3.8, 4) is 0 Å². The van der Waals surface area contributed by atoms with Crippen molar-refractivity contribution >= 4 is 17.6 Å². The average molecular weight is 313 g/mol. The summed E-state index contributed by atoms with van der Waals surface area (Å²) in [5.74, 6) is 2.35. The lowest BCUT2D eigenvalue weighted by molar-refractivity contribution is -0.0167. The third kappa shape index (κ3) is 2.80. The van der Waals surface area contributed by atoms with Crippen LogP contribution in [0.2, 0.25) is 0 Å². The maximum absolute atomic E-state index is 12.7. The van der Waals surface area contributed by atoms with Gasteiger partial charge in [-0.1, -0.05) is 6.07 Å². The maximum Gasteiger partial charge on any atom is 0.316 e. The van der Waals surface area contributed by atoms with Gasteiger partial charge in [0.1, 0.15) is 0 Å². The van der Waals surface area contributed by atoms with Crippen LogP contribution in [-0.4, -0.2) is 17.5 Å². The van der Waals surface area contributed by atoms with Crippen LogP contribution in [0, 0.1) is 17.8 Å². The van der Waals surface area contributed by atoms with Gasteiger partial charge in [0, 0.05) is 16.8 Å². The lowest BCUT2D eigenvalue weighted by Gasteiger charge is -2.56. The van der Waals surface area contributed by atoms with E-state index in [-0.39, 0.29) is 11.4 Å². The highest BCUT2D eigenvalue weighted by atomic mass is 16.2. The summed E-state index contributed by atoms with van der Waals surface area (Å²) in [6, 6.07) is 6.33. The van der Waals surface area contributed by atoms with E-state index in [4.69, 9.17) is 5.73 Å². The van der Waals surface area contributed by atoms with Crippen molar-refractivity contribution in [3.05, 3.63) is 29.8 Å². The number of hydrogen-bond donors (Lipinski definition) is 3. The topological polar surface area (TPSA) is 84.2 Å². The molecule has 4 saturated carbocycles. The molecule has 5 rings (SSSR count). The number of amides is 3. The standard InChI is InChI=1S/C18H23N3O2/c19-17(23)20-15-3-1-2-14(7-15)16(22)21-18-8-11-4-12(9-18)6-13(5-11)10-18/h1-3,7,11-13H,4-6,8-10H2,(H,21,22)(H3,19,20,23). The van der Waals surface area contributed by atoms with Gasteiger partial charge in [0.25, 0.3) is 5.91 Å². The summed E-state index contributed by atoms with van der Waals surface area (Å²) in [6.45, 7) is 0. The van der Waals surface area contributed by atoms with Crippen molar-refractivity contribution in [3.63, 3.8) is 0 Å². The van der Waals surface area contributed by atoms with E-state index in [2.05, 4.69) is 10.6 Å². The molecule has 4 N–H and O–H groups in total. The van der Waals surface area contributed by atoms with Crippen LogP contribution in [-0.2, 0) is 0 Å². The van der Waals surface area contributed by atoms with Crippen LogP contribution < -0.4 is 16.4 Å². The Morgan fingerprint density at radius 2 is 1.65 bits per heavy atom. The first-order valence-electron chi connectivity index (χ1n) is 8.50. The van der Waals surface area contributed by atoms with Crippen molar-refractivity contribution in [1.29, 1.82) is 0 Å². The third-order valence-corrected chi connectivity index (χ3v) is 5.81. The van der Waals surface area contributed by atoms with Gasteiger partial charge in [-0.2, -0.15) is 0 Å². The molecule has 1 aromatic rings. The molecule has 4 aliphatic carbocycles. The van der Waals surface area contributed by atoms with Crippen LogP contribution in [0.15, 0.2) is 24.3 Å². The van der Waals surface area contributed by atoms with E-state index in [1.54, 1.807) is 24.3 Å². The van der Waals surface area contributed by atoms with Gasteiger partial charge in [-0.05, 0) is 74.5 Å². The quantitative estimate of drug-likeness (QED) is 0.801. The summed E-state index contributed by atoms with van der Waals surface area (Å²) >= 11 is 0. The number of carbonyl (C=O) groups is 2. The van der Waals surface area contributed by atoms with Gasteiger partial charge in [-0.3, -0.25) is 4.79 Å². The summed E-state index contributed by atoms with van der Waals surface area (Å²) in [6.07, 6.45) is 7.45. The minimum Gasteiger partial charge on any atom is -0.351 e. The highest BCUT2D eigenvalue weighted by Crippen LogP contribution is 2.55. The Kier molecular flexibility index (Phi) is 3.32. The Morgan fingerprint density at radius 1 is 1.04 bits per heavy atom. The number of urea groups is 1. The fraction of sp³-hybridized carbons (Fsp3) is 0.556. The van der Waals surface area contributed by atoms with Crippen molar-refractivity contribution in [2.45, 2.75) is 44.1 Å². The minimum absolute atomic E-state index is 0.00104. The molecule has 4 aliphatic rings. The second-order valence-electron chi connectivity index (χ2n) is 7.72. The van der Waals surface area contributed by atoms with E-state index < -0.39 is 6.03 Å². The predicted octanol–water partition coefficient (Wildman–Crippen LogP) is 2.88. The summed E-state index contributed by atoms with van der Waals surface area (Å²) in [5.41, 5.74) is 6.26. The molecule has 4 bridgehead atoms. The first-order chi connectivity index (χ1) is 11.0.